The van der Waals surface area contributed by atoms with Crippen molar-refractivity contribution in [3.63, 3.8) is 0 Å². The molecule has 0 spiro atoms. The first-order valence-electron chi connectivity index (χ1n) is 6.21. The number of hydrogen-bond acceptors (Lipinski definition) is 3. The lowest BCUT2D eigenvalue weighted by Gasteiger charge is -2.34. The smallest absolute Gasteiger partial charge is 0.260 e. The average molecular weight is 270 g/mol. The number of likely N-dealkylation sites (tertiary alicyclic amines) is 1. The van der Waals surface area contributed by atoms with Crippen molar-refractivity contribution < 1.29 is 18.7 Å². The first-order chi connectivity index (χ1) is 9.06. The molecule has 4 nitrogen and oxygen atoms in total. The zero-order valence-electron chi connectivity index (χ0n) is 10.4. The van der Waals surface area contributed by atoms with Gasteiger partial charge < -0.3 is 15.7 Å². The Balaban J connectivity index is 2.36. The number of nitrogens with zero attached hydrogens (tertiary/aromatic N) is 1. The first kappa shape index (κ1) is 13.7. The molecule has 104 valence electrons. The van der Waals surface area contributed by atoms with Gasteiger partial charge in [-0.25, -0.2) is 8.78 Å². The van der Waals surface area contributed by atoms with Gasteiger partial charge in [-0.05, 0) is 31.4 Å². The van der Waals surface area contributed by atoms with Crippen LogP contribution in [0.15, 0.2) is 12.1 Å². The molecule has 1 aromatic rings. The van der Waals surface area contributed by atoms with Gasteiger partial charge in [0.05, 0.1) is 18.3 Å². The van der Waals surface area contributed by atoms with Crippen LogP contribution in [0.25, 0.3) is 0 Å². The maximum absolute atomic E-state index is 13.8. The number of piperidine rings is 1. The molecule has 6 heteroatoms. The maximum atomic E-state index is 13.8. The molecule has 19 heavy (non-hydrogen) atoms. The predicted octanol–water partition coefficient (Wildman–Crippen LogP) is 1.53. The zero-order valence-corrected chi connectivity index (χ0v) is 10.4. The van der Waals surface area contributed by atoms with Crippen LogP contribution in [0.2, 0.25) is 0 Å². The number of carbonyl (C=O) groups excluding carboxylic acids is 1. The van der Waals surface area contributed by atoms with Gasteiger partial charge in [0.2, 0.25) is 0 Å². The molecule has 0 aliphatic carbocycles. The van der Waals surface area contributed by atoms with Gasteiger partial charge in [-0.15, -0.1) is 0 Å². The lowest BCUT2D eigenvalue weighted by Crippen LogP contribution is -2.46. The normalized spacial score (nSPS) is 19.5. The van der Waals surface area contributed by atoms with E-state index in [1.54, 1.807) is 0 Å². The van der Waals surface area contributed by atoms with E-state index in [0.29, 0.717) is 13.0 Å². The van der Waals surface area contributed by atoms with Crippen molar-refractivity contribution in [2.24, 2.45) is 0 Å². The van der Waals surface area contributed by atoms with E-state index < -0.39 is 23.1 Å². The van der Waals surface area contributed by atoms with Gasteiger partial charge in [0.1, 0.15) is 11.4 Å². The molecule has 1 saturated heterocycles. The fourth-order valence-electron chi connectivity index (χ4n) is 2.37. The molecule has 1 aromatic carbocycles. The zero-order chi connectivity index (χ0) is 14.0. The summed E-state index contributed by atoms with van der Waals surface area (Å²) in [7, 11) is 0. The molecule has 1 fully saturated rings. The van der Waals surface area contributed by atoms with Gasteiger partial charge >= 0.3 is 0 Å². The highest BCUT2D eigenvalue weighted by Crippen LogP contribution is 2.24. The van der Waals surface area contributed by atoms with E-state index in [1.807, 2.05) is 0 Å². The fourth-order valence-corrected chi connectivity index (χ4v) is 2.37. The number of halogens is 2. The number of nitrogen functional groups attached to an aromatic ring is 1. The van der Waals surface area contributed by atoms with Crippen LogP contribution in [-0.2, 0) is 0 Å². The molecular weight excluding hydrogens is 254 g/mol. The van der Waals surface area contributed by atoms with Crippen LogP contribution in [-0.4, -0.2) is 35.1 Å². The van der Waals surface area contributed by atoms with Crippen molar-refractivity contribution in [3.05, 3.63) is 29.3 Å². The number of aliphatic hydroxyl groups is 1. The van der Waals surface area contributed by atoms with Gasteiger partial charge in [-0.2, -0.15) is 0 Å². The SMILES string of the molecule is Nc1ccc(F)c(C(=O)N2CCCCC2CO)c1F. The highest BCUT2D eigenvalue weighted by Gasteiger charge is 2.30. The van der Waals surface area contributed by atoms with E-state index in [2.05, 4.69) is 0 Å². The summed E-state index contributed by atoms with van der Waals surface area (Å²) < 4.78 is 27.5. The molecule has 0 radical (unpaired) electrons. The van der Waals surface area contributed by atoms with E-state index in [4.69, 9.17) is 5.73 Å². The lowest BCUT2D eigenvalue weighted by molar-refractivity contribution is 0.0494. The van der Waals surface area contributed by atoms with Gasteiger partial charge in [-0.3, -0.25) is 4.79 Å². The third-order valence-electron chi connectivity index (χ3n) is 3.43. The molecule has 2 rings (SSSR count). The molecule has 1 amide bonds. The van der Waals surface area contributed by atoms with Gasteiger partial charge in [-0.1, -0.05) is 0 Å². The summed E-state index contributed by atoms with van der Waals surface area (Å²) >= 11 is 0. The Kier molecular flexibility index (Phi) is 3.99. The van der Waals surface area contributed by atoms with Crippen molar-refractivity contribution in [1.29, 1.82) is 0 Å². The largest absolute Gasteiger partial charge is 0.396 e. The van der Waals surface area contributed by atoms with E-state index >= 15 is 0 Å². The number of carbonyl (C=O) groups is 1. The molecule has 3 N–H and O–H groups in total. The number of benzene rings is 1. The summed E-state index contributed by atoms with van der Waals surface area (Å²) in [6, 6.07) is 1.67. The summed E-state index contributed by atoms with van der Waals surface area (Å²) in [5, 5.41) is 9.24. The molecule has 0 bridgehead atoms. The second kappa shape index (κ2) is 5.52. The third kappa shape index (κ3) is 2.53. The van der Waals surface area contributed by atoms with Crippen molar-refractivity contribution >= 4 is 11.6 Å². The minimum absolute atomic E-state index is 0.211. The van der Waals surface area contributed by atoms with Crippen LogP contribution < -0.4 is 5.73 Å². The highest BCUT2D eigenvalue weighted by molar-refractivity contribution is 5.96. The summed E-state index contributed by atoms with van der Waals surface area (Å²) in [5.74, 6) is -2.72. The summed E-state index contributed by atoms with van der Waals surface area (Å²) in [4.78, 5) is 13.6. The number of aliphatic hydroxyl groups excluding tert-OH is 1. The number of amides is 1. The molecule has 1 heterocycles. The average Bonchev–Trinajstić information content (AvgIpc) is 2.43. The van der Waals surface area contributed by atoms with Crippen LogP contribution in [0.4, 0.5) is 14.5 Å². The van der Waals surface area contributed by atoms with E-state index in [0.717, 1.165) is 25.0 Å². The molecule has 1 aliphatic rings. The monoisotopic (exact) mass is 270 g/mol. The second-order valence-electron chi connectivity index (χ2n) is 4.66. The predicted molar refractivity (Wildman–Crippen MR) is 66.5 cm³/mol. The second-order valence-corrected chi connectivity index (χ2v) is 4.66. The number of anilines is 1. The Labute approximate surface area is 109 Å². The molecule has 1 unspecified atom stereocenters. The highest BCUT2D eigenvalue weighted by atomic mass is 19.1. The Morgan fingerprint density at radius 1 is 1.42 bits per heavy atom. The number of hydrogen-bond donors (Lipinski definition) is 2. The van der Waals surface area contributed by atoms with Crippen LogP contribution in [0, 0.1) is 11.6 Å². The molecule has 1 aliphatic heterocycles. The first-order valence-corrected chi connectivity index (χ1v) is 6.21. The minimum atomic E-state index is -1.03. The lowest BCUT2D eigenvalue weighted by atomic mass is 10.0. The summed E-state index contributed by atoms with van der Waals surface area (Å²) in [5.41, 5.74) is 4.46. The Morgan fingerprint density at radius 3 is 2.84 bits per heavy atom. The van der Waals surface area contributed by atoms with Crippen molar-refractivity contribution in [3.8, 4) is 0 Å². The van der Waals surface area contributed by atoms with Crippen LogP contribution in [0.5, 0.6) is 0 Å². The third-order valence-corrected chi connectivity index (χ3v) is 3.43. The summed E-state index contributed by atoms with van der Waals surface area (Å²) in [6.07, 6.45) is 2.28. The molecule has 0 aromatic heterocycles. The molecule has 1 atom stereocenters. The van der Waals surface area contributed by atoms with Crippen molar-refractivity contribution in [2.75, 3.05) is 18.9 Å². The van der Waals surface area contributed by atoms with Crippen LogP contribution in [0.3, 0.4) is 0 Å². The Hall–Kier alpha value is -1.69. The van der Waals surface area contributed by atoms with Crippen LogP contribution >= 0.6 is 0 Å². The van der Waals surface area contributed by atoms with Gasteiger partial charge in [0.25, 0.3) is 5.91 Å². The standard InChI is InChI=1S/C13H16F2N2O2/c14-9-4-5-10(16)12(15)11(9)13(19)17-6-2-1-3-8(17)7-18/h4-5,8,18H,1-3,6-7,16H2. The van der Waals surface area contributed by atoms with Crippen molar-refractivity contribution in [2.45, 2.75) is 25.3 Å². The summed E-state index contributed by atoms with van der Waals surface area (Å²) in [6.45, 7) is 0.176. The van der Waals surface area contributed by atoms with Gasteiger partial charge in [0.15, 0.2) is 5.82 Å². The van der Waals surface area contributed by atoms with E-state index in [1.165, 1.54) is 4.90 Å². The maximum Gasteiger partial charge on any atom is 0.260 e. The van der Waals surface area contributed by atoms with E-state index in [-0.39, 0.29) is 18.3 Å². The molecule has 0 saturated carbocycles. The quantitative estimate of drug-likeness (QED) is 0.801. The fraction of sp³-hybridized carbons (Fsp3) is 0.462. The topological polar surface area (TPSA) is 66.6 Å². The Morgan fingerprint density at radius 2 is 2.16 bits per heavy atom. The minimum Gasteiger partial charge on any atom is -0.396 e. The Bertz CT molecular complexity index is 494. The van der Waals surface area contributed by atoms with Crippen LogP contribution in [0.1, 0.15) is 29.6 Å². The number of rotatable bonds is 2. The van der Waals surface area contributed by atoms with E-state index in [9.17, 15) is 18.7 Å². The van der Waals surface area contributed by atoms with Gasteiger partial charge in [0, 0.05) is 6.54 Å². The van der Waals surface area contributed by atoms with Crippen molar-refractivity contribution in [1.82, 2.24) is 4.90 Å². The number of nitrogens with two attached hydrogens (primary N) is 1. The molecular formula is C13H16F2N2O2.